The van der Waals surface area contributed by atoms with Gasteiger partial charge in [-0.25, -0.2) is 13.2 Å². The molecule has 3 rings (SSSR count). The van der Waals surface area contributed by atoms with Crippen LogP contribution in [0.3, 0.4) is 0 Å². The Labute approximate surface area is 164 Å². The lowest BCUT2D eigenvalue weighted by atomic mass is 10.2. The fraction of sp³-hybridized carbons (Fsp3) is 0.421. The van der Waals surface area contributed by atoms with Crippen molar-refractivity contribution >= 4 is 21.7 Å². The monoisotopic (exact) mass is 407 g/mol. The van der Waals surface area contributed by atoms with E-state index in [-0.39, 0.29) is 11.4 Å². The van der Waals surface area contributed by atoms with Crippen molar-refractivity contribution in [3.8, 4) is 5.75 Å². The van der Waals surface area contributed by atoms with Crippen LogP contribution in [0.15, 0.2) is 46.1 Å². The van der Waals surface area contributed by atoms with Crippen LogP contribution in [0.5, 0.6) is 5.75 Å². The number of piperidine rings is 1. The zero-order chi connectivity index (χ0) is 20.0. The summed E-state index contributed by atoms with van der Waals surface area (Å²) in [6.45, 7) is 3.54. The average molecular weight is 407 g/mol. The largest absolute Gasteiger partial charge is 0.492 e. The number of ether oxygens (including phenoxy) is 1. The zero-order valence-electron chi connectivity index (χ0n) is 15.8. The Morgan fingerprint density at radius 3 is 2.68 bits per heavy atom. The Hall–Kier alpha value is -2.52. The molecular weight excluding hydrogens is 382 g/mol. The molecule has 0 radical (unpaired) electrons. The van der Waals surface area contributed by atoms with Crippen LogP contribution in [0.1, 0.15) is 31.7 Å². The van der Waals surface area contributed by atoms with E-state index in [2.05, 4.69) is 10.6 Å². The highest BCUT2D eigenvalue weighted by molar-refractivity contribution is 7.89. The maximum Gasteiger partial charge on any atom is 0.319 e. The molecule has 0 bridgehead atoms. The van der Waals surface area contributed by atoms with Crippen LogP contribution < -0.4 is 15.4 Å². The Morgan fingerprint density at radius 1 is 1.21 bits per heavy atom. The number of rotatable bonds is 7. The number of nitrogens with zero attached hydrogens (tertiary/aromatic N) is 1. The number of sulfonamides is 1. The van der Waals surface area contributed by atoms with Gasteiger partial charge in [-0.15, -0.1) is 0 Å². The van der Waals surface area contributed by atoms with Gasteiger partial charge in [-0.2, -0.15) is 4.31 Å². The molecule has 1 saturated heterocycles. The van der Waals surface area contributed by atoms with E-state index in [9.17, 15) is 13.2 Å². The summed E-state index contributed by atoms with van der Waals surface area (Å²) in [4.78, 5) is 12.4. The molecule has 2 N–H and O–H groups in total. The van der Waals surface area contributed by atoms with E-state index in [0.717, 1.165) is 24.8 Å². The van der Waals surface area contributed by atoms with E-state index < -0.39 is 16.1 Å². The smallest absolute Gasteiger partial charge is 0.319 e. The van der Waals surface area contributed by atoms with Gasteiger partial charge >= 0.3 is 6.03 Å². The molecule has 1 aromatic heterocycles. The lowest BCUT2D eigenvalue weighted by Crippen LogP contribution is -2.35. The number of amides is 2. The zero-order valence-corrected chi connectivity index (χ0v) is 16.6. The molecule has 2 heterocycles. The fourth-order valence-electron chi connectivity index (χ4n) is 3.05. The molecule has 8 nitrogen and oxygen atoms in total. The van der Waals surface area contributed by atoms with Crippen LogP contribution in [-0.4, -0.2) is 38.5 Å². The number of hydrogen-bond donors (Lipinski definition) is 2. The predicted molar refractivity (Wildman–Crippen MR) is 105 cm³/mol. The maximum absolute atomic E-state index is 12.9. The van der Waals surface area contributed by atoms with Crippen LogP contribution in [0.4, 0.5) is 10.5 Å². The normalized spacial score (nSPS) is 15.2. The minimum atomic E-state index is -3.61. The highest BCUT2D eigenvalue weighted by Crippen LogP contribution is 2.30. The number of carbonyl (C=O) groups excluding carboxylic acids is 1. The van der Waals surface area contributed by atoms with E-state index >= 15 is 0 Å². The van der Waals surface area contributed by atoms with Crippen LogP contribution in [0, 0.1) is 0 Å². The van der Waals surface area contributed by atoms with Crippen LogP contribution in [0.25, 0.3) is 0 Å². The van der Waals surface area contributed by atoms with Gasteiger partial charge in [0.15, 0.2) is 0 Å². The third-order valence-corrected chi connectivity index (χ3v) is 6.38. The molecule has 1 fully saturated rings. The van der Waals surface area contributed by atoms with Gasteiger partial charge in [0.05, 0.1) is 29.7 Å². The summed E-state index contributed by atoms with van der Waals surface area (Å²) in [5, 5.41) is 5.38. The first kappa shape index (κ1) is 20.2. The maximum atomic E-state index is 12.9. The van der Waals surface area contributed by atoms with Crippen molar-refractivity contribution in [2.45, 2.75) is 37.6 Å². The molecule has 2 amide bonds. The minimum absolute atomic E-state index is 0.142. The van der Waals surface area contributed by atoms with Gasteiger partial charge in [0.1, 0.15) is 5.75 Å². The van der Waals surface area contributed by atoms with E-state index in [1.165, 1.54) is 29.0 Å². The van der Waals surface area contributed by atoms with E-state index in [1.54, 1.807) is 12.1 Å². The molecule has 0 spiro atoms. The second kappa shape index (κ2) is 9.11. The first-order valence-electron chi connectivity index (χ1n) is 9.33. The summed E-state index contributed by atoms with van der Waals surface area (Å²) >= 11 is 0. The standard InChI is InChI=1S/C19H25N3O5S/c1-2-27-18-7-6-16(28(24,25)22-9-4-3-5-10-22)12-17(18)21-19(23)20-13-15-8-11-26-14-15/h6-8,11-12,14H,2-5,9-10,13H2,1H3,(H2,20,21,23). The summed E-state index contributed by atoms with van der Waals surface area (Å²) in [5.41, 5.74) is 1.13. The topological polar surface area (TPSA) is 101 Å². The highest BCUT2D eigenvalue weighted by Gasteiger charge is 2.27. The number of carbonyl (C=O) groups is 1. The van der Waals surface area contributed by atoms with Gasteiger partial charge in [-0.3, -0.25) is 0 Å². The molecule has 0 unspecified atom stereocenters. The summed E-state index contributed by atoms with van der Waals surface area (Å²) in [6, 6.07) is 5.83. The minimum Gasteiger partial charge on any atom is -0.492 e. The van der Waals surface area contributed by atoms with Gasteiger partial charge in [0.2, 0.25) is 10.0 Å². The van der Waals surface area contributed by atoms with E-state index in [0.29, 0.717) is 31.1 Å². The molecule has 9 heteroatoms. The van der Waals surface area contributed by atoms with Crippen molar-refractivity contribution < 1.29 is 22.4 Å². The molecule has 1 aromatic carbocycles. The molecule has 1 aliphatic heterocycles. The van der Waals surface area contributed by atoms with Crippen LogP contribution >= 0.6 is 0 Å². The number of hydrogen-bond acceptors (Lipinski definition) is 5. The van der Waals surface area contributed by atoms with Crippen LogP contribution in [-0.2, 0) is 16.6 Å². The Balaban J connectivity index is 1.77. The first-order valence-corrected chi connectivity index (χ1v) is 10.8. The highest BCUT2D eigenvalue weighted by atomic mass is 32.2. The summed E-state index contributed by atoms with van der Waals surface area (Å²) in [7, 11) is -3.61. The van der Waals surface area contributed by atoms with E-state index in [4.69, 9.17) is 9.15 Å². The second-order valence-corrected chi connectivity index (χ2v) is 8.43. The Bertz CT molecular complexity index is 890. The van der Waals surface area contributed by atoms with Gasteiger partial charge in [-0.1, -0.05) is 6.42 Å². The predicted octanol–water partition coefficient (Wildman–Crippen LogP) is 3.17. The van der Waals surface area contributed by atoms with Gasteiger partial charge in [-0.05, 0) is 44.0 Å². The third-order valence-electron chi connectivity index (χ3n) is 4.49. The molecule has 2 aromatic rings. The lowest BCUT2D eigenvalue weighted by molar-refractivity contribution is 0.251. The Morgan fingerprint density at radius 2 is 2.00 bits per heavy atom. The van der Waals surface area contributed by atoms with Crippen molar-refractivity contribution in [3.05, 3.63) is 42.4 Å². The molecule has 0 aliphatic carbocycles. The average Bonchev–Trinajstić information content (AvgIpc) is 3.22. The van der Waals surface area contributed by atoms with Gasteiger partial charge < -0.3 is 19.8 Å². The summed E-state index contributed by atoms with van der Waals surface area (Å²) < 4.78 is 37.8. The number of anilines is 1. The SMILES string of the molecule is CCOc1ccc(S(=O)(=O)N2CCCCC2)cc1NC(=O)NCc1ccoc1. The summed E-state index contributed by atoms with van der Waals surface area (Å²) in [6.07, 6.45) is 5.82. The number of nitrogens with one attached hydrogen (secondary N) is 2. The molecule has 152 valence electrons. The second-order valence-electron chi connectivity index (χ2n) is 6.50. The van der Waals surface area contributed by atoms with Crippen molar-refractivity contribution in [2.75, 3.05) is 25.0 Å². The molecule has 0 saturated carbocycles. The van der Waals surface area contributed by atoms with Crippen molar-refractivity contribution in [3.63, 3.8) is 0 Å². The molecule has 28 heavy (non-hydrogen) atoms. The van der Waals surface area contributed by atoms with Crippen molar-refractivity contribution in [2.24, 2.45) is 0 Å². The van der Waals surface area contributed by atoms with Gasteiger partial charge in [0, 0.05) is 25.2 Å². The summed E-state index contributed by atoms with van der Waals surface area (Å²) in [5.74, 6) is 0.415. The third kappa shape index (κ3) is 4.85. The number of benzene rings is 1. The van der Waals surface area contributed by atoms with E-state index in [1.807, 2.05) is 6.92 Å². The number of furan rings is 1. The lowest BCUT2D eigenvalue weighted by Gasteiger charge is -2.26. The van der Waals surface area contributed by atoms with Crippen molar-refractivity contribution in [1.29, 1.82) is 0 Å². The molecule has 0 atom stereocenters. The number of urea groups is 1. The fourth-order valence-corrected chi connectivity index (χ4v) is 4.59. The van der Waals surface area contributed by atoms with Crippen LogP contribution in [0.2, 0.25) is 0 Å². The molecular formula is C19H25N3O5S. The van der Waals surface area contributed by atoms with Crippen molar-refractivity contribution in [1.82, 2.24) is 9.62 Å². The van der Waals surface area contributed by atoms with Gasteiger partial charge in [0.25, 0.3) is 0 Å². The Kier molecular flexibility index (Phi) is 6.58. The first-order chi connectivity index (χ1) is 13.5. The quantitative estimate of drug-likeness (QED) is 0.734. The molecule has 1 aliphatic rings.